The van der Waals surface area contributed by atoms with E-state index in [9.17, 15) is 18.0 Å². The number of carboxylic acids is 1. The van der Waals surface area contributed by atoms with Crippen molar-refractivity contribution in [3.8, 4) is 0 Å². The number of carbonyl (C=O) groups is 2. The van der Waals surface area contributed by atoms with Crippen molar-refractivity contribution < 1.29 is 27.9 Å². The smallest absolute Gasteiger partial charge is 0.329 e. The number of amides is 1. The fourth-order valence-corrected chi connectivity index (χ4v) is 1.84. The summed E-state index contributed by atoms with van der Waals surface area (Å²) < 4.78 is 27.0. The molecule has 0 spiro atoms. The Labute approximate surface area is 110 Å². The number of hydrogen-bond donors (Lipinski definition) is 2. The SMILES string of the molecule is CS(=O)(=O)c1ccc(NC(=O)COCC(=O)O)cc1. The maximum Gasteiger partial charge on any atom is 0.329 e. The summed E-state index contributed by atoms with van der Waals surface area (Å²) in [7, 11) is -3.27. The van der Waals surface area contributed by atoms with Crippen LogP contribution >= 0.6 is 0 Å². The van der Waals surface area contributed by atoms with Crippen LogP contribution < -0.4 is 5.32 Å². The van der Waals surface area contributed by atoms with Crippen LogP contribution in [0.2, 0.25) is 0 Å². The topological polar surface area (TPSA) is 110 Å². The molecule has 0 fully saturated rings. The Morgan fingerprint density at radius 2 is 1.79 bits per heavy atom. The summed E-state index contributed by atoms with van der Waals surface area (Å²) in [6.07, 6.45) is 1.08. The van der Waals surface area contributed by atoms with Gasteiger partial charge in [-0.2, -0.15) is 0 Å². The molecule has 0 bridgehead atoms. The van der Waals surface area contributed by atoms with Crippen molar-refractivity contribution in [1.29, 1.82) is 0 Å². The van der Waals surface area contributed by atoms with E-state index < -0.39 is 28.3 Å². The lowest BCUT2D eigenvalue weighted by atomic mass is 10.3. The minimum absolute atomic E-state index is 0.146. The minimum atomic E-state index is -3.27. The maximum absolute atomic E-state index is 11.3. The Bertz CT molecular complexity index is 563. The zero-order chi connectivity index (χ0) is 14.5. The molecule has 1 aromatic carbocycles. The van der Waals surface area contributed by atoms with Crippen molar-refractivity contribution in [3.05, 3.63) is 24.3 Å². The number of rotatable bonds is 6. The van der Waals surface area contributed by atoms with Crippen LogP contribution in [-0.2, 0) is 24.2 Å². The number of hydrogen-bond acceptors (Lipinski definition) is 5. The number of carbonyl (C=O) groups excluding carboxylic acids is 1. The van der Waals surface area contributed by atoms with Gasteiger partial charge in [-0.3, -0.25) is 4.79 Å². The predicted molar refractivity (Wildman–Crippen MR) is 66.6 cm³/mol. The standard InChI is InChI=1S/C11H13NO6S/c1-19(16,17)9-4-2-8(3-5-9)12-10(13)6-18-7-11(14)15/h2-5H,6-7H2,1H3,(H,12,13)(H,14,15). The summed E-state index contributed by atoms with van der Waals surface area (Å²) in [5, 5.41) is 10.8. The highest BCUT2D eigenvalue weighted by atomic mass is 32.2. The maximum atomic E-state index is 11.3. The van der Waals surface area contributed by atoms with Gasteiger partial charge in [0, 0.05) is 11.9 Å². The number of nitrogens with one attached hydrogen (secondary N) is 1. The Balaban J connectivity index is 2.54. The molecule has 0 heterocycles. The highest BCUT2D eigenvalue weighted by molar-refractivity contribution is 7.90. The van der Waals surface area contributed by atoms with Gasteiger partial charge in [-0.25, -0.2) is 13.2 Å². The number of anilines is 1. The Hall–Kier alpha value is -1.93. The molecule has 0 saturated carbocycles. The molecule has 8 heteroatoms. The van der Waals surface area contributed by atoms with Gasteiger partial charge in [0.2, 0.25) is 5.91 Å². The van der Waals surface area contributed by atoms with Gasteiger partial charge in [0.05, 0.1) is 4.90 Å². The fraction of sp³-hybridized carbons (Fsp3) is 0.273. The third-order valence-electron chi connectivity index (χ3n) is 2.02. The summed E-state index contributed by atoms with van der Waals surface area (Å²) in [6, 6.07) is 5.60. The highest BCUT2D eigenvalue weighted by Gasteiger charge is 2.08. The van der Waals surface area contributed by atoms with Crippen LogP contribution in [0.5, 0.6) is 0 Å². The lowest BCUT2D eigenvalue weighted by molar-refractivity contribution is -0.143. The molecule has 1 amide bonds. The number of benzene rings is 1. The van der Waals surface area contributed by atoms with Crippen molar-refractivity contribution in [2.75, 3.05) is 24.8 Å². The second-order valence-corrected chi connectivity index (χ2v) is 5.75. The van der Waals surface area contributed by atoms with E-state index in [1.54, 1.807) is 0 Å². The van der Waals surface area contributed by atoms with E-state index in [1.807, 2.05) is 0 Å². The third kappa shape index (κ3) is 5.49. The molecular formula is C11H13NO6S. The van der Waals surface area contributed by atoms with Crippen LogP contribution in [0.3, 0.4) is 0 Å². The van der Waals surface area contributed by atoms with Crippen LogP contribution in [0.1, 0.15) is 0 Å². The Morgan fingerprint density at radius 1 is 1.21 bits per heavy atom. The summed E-state index contributed by atoms with van der Waals surface area (Å²) in [5.74, 6) is -1.68. The zero-order valence-corrected chi connectivity index (χ0v) is 10.9. The first-order valence-corrected chi connectivity index (χ1v) is 7.07. The van der Waals surface area contributed by atoms with Gasteiger partial charge in [-0.05, 0) is 24.3 Å². The largest absolute Gasteiger partial charge is 0.480 e. The number of aliphatic carboxylic acids is 1. The van der Waals surface area contributed by atoms with Crippen molar-refractivity contribution in [2.45, 2.75) is 4.90 Å². The lowest BCUT2D eigenvalue weighted by Crippen LogP contribution is -2.20. The van der Waals surface area contributed by atoms with Gasteiger partial charge in [0.15, 0.2) is 9.84 Å². The molecular weight excluding hydrogens is 274 g/mol. The van der Waals surface area contributed by atoms with E-state index >= 15 is 0 Å². The first-order chi connectivity index (χ1) is 8.79. The summed E-state index contributed by atoms with van der Waals surface area (Å²) in [5.41, 5.74) is 0.399. The van der Waals surface area contributed by atoms with Gasteiger partial charge >= 0.3 is 5.97 Å². The highest BCUT2D eigenvalue weighted by Crippen LogP contribution is 2.13. The molecule has 1 aromatic rings. The van der Waals surface area contributed by atoms with E-state index in [1.165, 1.54) is 24.3 Å². The molecule has 19 heavy (non-hydrogen) atoms. The van der Waals surface area contributed by atoms with Gasteiger partial charge < -0.3 is 15.2 Å². The number of ether oxygens (including phenoxy) is 1. The van der Waals surface area contributed by atoms with Crippen LogP contribution in [0.4, 0.5) is 5.69 Å². The number of sulfone groups is 1. The molecule has 0 aliphatic heterocycles. The minimum Gasteiger partial charge on any atom is -0.480 e. The molecule has 0 unspecified atom stereocenters. The predicted octanol–water partition coefficient (Wildman–Crippen LogP) is 0.130. The molecule has 0 radical (unpaired) electrons. The van der Waals surface area contributed by atoms with Crippen LogP contribution in [-0.4, -0.2) is 44.9 Å². The third-order valence-corrected chi connectivity index (χ3v) is 3.15. The Morgan fingerprint density at radius 3 is 2.26 bits per heavy atom. The molecule has 0 aliphatic carbocycles. The molecule has 0 aliphatic rings. The second-order valence-electron chi connectivity index (χ2n) is 3.73. The molecule has 1 rings (SSSR count). The molecule has 0 atom stereocenters. The van der Waals surface area contributed by atoms with Gasteiger partial charge in [-0.1, -0.05) is 0 Å². The van der Waals surface area contributed by atoms with E-state index in [-0.39, 0.29) is 11.5 Å². The first kappa shape index (κ1) is 15.1. The van der Waals surface area contributed by atoms with Gasteiger partial charge in [-0.15, -0.1) is 0 Å². The number of carboxylic acid groups (broad SMARTS) is 1. The van der Waals surface area contributed by atoms with Gasteiger partial charge in [0.1, 0.15) is 13.2 Å². The van der Waals surface area contributed by atoms with Crippen molar-refractivity contribution in [2.24, 2.45) is 0 Å². The van der Waals surface area contributed by atoms with E-state index in [2.05, 4.69) is 10.1 Å². The van der Waals surface area contributed by atoms with Crippen LogP contribution in [0.25, 0.3) is 0 Å². The van der Waals surface area contributed by atoms with E-state index in [0.717, 1.165) is 6.26 Å². The van der Waals surface area contributed by atoms with E-state index in [4.69, 9.17) is 5.11 Å². The van der Waals surface area contributed by atoms with Crippen LogP contribution in [0, 0.1) is 0 Å². The summed E-state index contributed by atoms with van der Waals surface area (Å²) in [4.78, 5) is 21.6. The average Bonchev–Trinajstić information content (AvgIpc) is 2.27. The van der Waals surface area contributed by atoms with Crippen molar-refractivity contribution >= 4 is 27.4 Å². The molecule has 104 valence electrons. The molecule has 0 aromatic heterocycles. The van der Waals surface area contributed by atoms with Crippen molar-refractivity contribution in [3.63, 3.8) is 0 Å². The fourth-order valence-electron chi connectivity index (χ4n) is 1.21. The molecule has 2 N–H and O–H groups in total. The Kier molecular flexibility index (Phi) is 5.02. The normalized spacial score (nSPS) is 11.0. The van der Waals surface area contributed by atoms with Gasteiger partial charge in [0.25, 0.3) is 0 Å². The first-order valence-electron chi connectivity index (χ1n) is 5.18. The van der Waals surface area contributed by atoms with E-state index in [0.29, 0.717) is 5.69 Å². The monoisotopic (exact) mass is 287 g/mol. The molecule has 0 saturated heterocycles. The molecule has 7 nitrogen and oxygen atoms in total. The quantitative estimate of drug-likeness (QED) is 0.769. The summed E-state index contributed by atoms with van der Waals surface area (Å²) in [6.45, 7) is -0.944. The van der Waals surface area contributed by atoms with Crippen molar-refractivity contribution in [1.82, 2.24) is 0 Å². The second kappa shape index (κ2) is 6.30. The zero-order valence-electron chi connectivity index (χ0n) is 10.1. The average molecular weight is 287 g/mol. The summed E-state index contributed by atoms with van der Waals surface area (Å²) >= 11 is 0. The lowest BCUT2D eigenvalue weighted by Gasteiger charge is -2.06. The van der Waals surface area contributed by atoms with Crippen LogP contribution in [0.15, 0.2) is 29.2 Å².